The number of hydrogen-bond acceptors (Lipinski definition) is 8. The van der Waals surface area contributed by atoms with Crippen LogP contribution in [0.15, 0.2) is 18.3 Å². The summed E-state index contributed by atoms with van der Waals surface area (Å²) in [4.78, 5) is 0. The van der Waals surface area contributed by atoms with Crippen LogP contribution in [0.1, 0.15) is 28.2 Å². The summed E-state index contributed by atoms with van der Waals surface area (Å²) in [6.45, 7) is 7.46. The minimum Gasteiger partial charge on any atom is -0.360 e. The van der Waals surface area contributed by atoms with E-state index in [1.54, 1.807) is 0 Å². The van der Waals surface area contributed by atoms with E-state index in [1.165, 1.54) is 11.1 Å². The van der Waals surface area contributed by atoms with Crippen molar-refractivity contribution < 1.29 is 0 Å². The van der Waals surface area contributed by atoms with Gasteiger partial charge in [-0.15, -0.1) is 0 Å². The highest BCUT2D eigenvalue weighted by Gasteiger charge is 2.13. The first-order valence-corrected chi connectivity index (χ1v) is 13.7. The molecule has 2 aromatic heterocycles. The molecule has 0 bridgehead atoms. The van der Waals surface area contributed by atoms with E-state index in [9.17, 15) is 0 Å². The molecule has 8 nitrogen and oxygen atoms in total. The second-order valence-electron chi connectivity index (χ2n) is 7.42. The predicted molar refractivity (Wildman–Crippen MR) is 147 cm³/mol. The average Bonchev–Trinajstić information content (AvgIpc) is 2.79. The van der Waals surface area contributed by atoms with Crippen molar-refractivity contribution in [3.8, 4) is 0 Å². The molecule has 0 radical (unpaired) electrons. The van der Waals surface area contributed by atoms with Crippen LogP contribution in [0.25, 0.3) is 0 Å². The molecule has 0 aliphatic rings. The molecule has 2 rings (SSSR count). The number of aromatic nitrogens is 4. The number of rotatable bonds is 10. The first-order valence-electron chi connectivity index (χ1n) is 10.5. The molecule has 33 heavy (non-hydrogen) atoms. The fourth-order valence-corrected chi connectivity index (χ4v) is 4.83. The Bertz CT molecular complexity index is 927. The maximum atomic E-state index is 5.51. The Morgan fingerprint density at radius 3 is 2.03 bits per heavy atom. The second kappa shape index (κ2) is 14.5. The molecule has 0 saturated carbocycles. The van der Waals surface area contributed by atoms with E-state index in [0.717, 1.165) is 53.2 Å². The Hall–Kier alpha value is -1.76. The van der Waals surface area contributed by atoms with Crippen molar-refractivity contribution >= 4 is 58.2 Å². The van der Waals surface area contributed by atoms with Gasteiger partial charge < -0.3 is 10.6 Å². The van der Waals surface area contributed by atoms with Crippen LogP contribution < -0.4 is 10.6 Å². The molecule has 180 valence electrons. The van der Waals surface area contributed by atoms with Crippen molar-refractivity contribution in [1.29, 1.82) is 0 Å². The lowest BCUT2D eigenvalue weighted by Gasteiger charge is -2.32. The van der Waals surface area contributed by atoms with Crippen molar-refractivity contribution in [2.45, 2.75) is 32.3 Å². The largest absolute Gasteiger partial charge is 0.360 e. The Morgan fingerprint density at radius 1 is 0.848 bits per heavy atom. The zero-order valence-corrected chi connectivity index (χ0v) is 23.1. The average molecular weight is 525 g/mol. The maximum Gasteiger partial charge on any atom is 0.187 e. The minimum absolute atomic E-state index is 0.633. The van der Waals surface area contributed by atoms with Gasteiger partial charge in [-0.05, 0) is 68.5 Å². The van der Waals surface area contributed by atoms with E-state index in [4.69, 9.17) is 24.4 Å². The third kappa shape index (κ3) is 9.95. The number of nitrogens with zero attached hydrogens (tertiary/aromatic N) is 6. The molecule has 0 amide bonds. The second-order valence-corrected chi connectivity index (χ2v) is 10.4. The van der Waals surface area contributed by atoms with Gasteiger partial charge in [0, 0.05) is 50.2 Å². The first-order chi connectivity index (χ1) is 15.8. The number of aryl methyl sites for hydroxylation is 3. The molecule has 2 aromatic rings. The molecule has 0 unspecified atom stereocenters. The lowest BCUT2D eigenvalue weighted by atomic mass is 10.2. The van der Waals surface area contributed by atoms with E-state index < -0.39 is 0 Å². The number of thioether (sulfide) groups is 2. The molecule has 0 saturated heterocycles. The summed E-state index contributed by atoms with van der Waals surface area (Å²) >= 11 is 14.7. The highest BCUT2D eigenvalue weighted by atomic mass is 32.2. The van der Waals surface area contributed by atoms with E-state index >= 15 is 0 Å². The summed E-state index contributed by atoms with van der Waals surface area (Å²) in [5, 5.41) is 27.8. The van der Waals surface area contributed by atoms with Crippen molar-refractivity contribution in [1.82, 2.24) is 41.0 Å². The Labute approximate surface area is 216 Å². The normalized spacial score (nSPS) is 10.6. The smallest absolute Gasteiger partial charge is 0.187 e. The van der Waals surface area contributed by atoms with Crippen molar-refractivity contribution in [2.75, 3.05) is 38.7 Å². The van der Waals surface area contributed by atoms with Crippen LogP contribution in [0.5, 0.6) is 0 Å². The topological polar surface area (TPSA) is 82.1 Å². The molecule has 0 aliphatic carbocycles. The zero-order chi connectivity index (χ0) is 24.2. The lowest BCUT2D eigenvalue weighted by Crippen LogP contribution is -2.52. The van der Waals surface area contributed by atoms with Crippen LogP contribution in [0.2, 0.25) is 0 Å². The van der Waals surface area contributed by atoms with Crippen LogP contribution in [0.4, 0.5) is 0 Å². The first kappa shape index (κ1) is 27.5. The molecule has 0 aliphatic heterocycles. The molecule has 0 atom stereocenters. The number of thiocarbonyl (C=S) groups is 2. The molecular weight excluding hydrogens is 493 g/mol. The molecule has 0 fully saturated rings. The van der Waals surface area contributed by atoms with Gasteiger partial charge in [-0.1, -0.05) is 0 Å². The Balaban J connectivity index is 1.59. The summed E-state index contributed by atoms with van der Waals surface area (Å²) in [6, 6.07) is 4.16. The molecule has 2 heterocycles. The summed E-state index contributed by atoms with van der Waals surface area (Å²) in [6.07, 6.45) is 1.81. The highest BCUT2D eigenvalue weighted by molar-refractivity contribution is 7.98. The van der Waals surface area contributed by atoms with E-state index in [-0.39, 0.29) is 0 Å². The van der Waals surface area contributed by atoms with Gasteiger partial charge in [0.2, 0.25) is 0 Å². The number of hydrazine groups is 1. The van der Waals surface area contributed by atoms with Gasteiger partial charge in [-0.25, -0.2) is 0 Å². The molecule has 0 aromatic carbocycles. The fourth-order valence-electron chi connectivity index (χ4n) is 2.69. The van der Waals surface area contributed by atoms with Crippen LogP contribution in [0, 0.1) is 20.8 Å². The Kier molecular flexibility index (Phi) is 12.1. The van der Waals surface area contributed by atoms with Gasteiger partial charge in [-0.3, -0.25) is 10.0 Å². The van der Waals surface area contributed by atoms with Crippen LogP contribution >= 0.6 is 48.0 Å². The van der Waals surface area contributed by atoms with Crippen molar-refractivity contribution in [2.24, 2.45) is 0 Å². The molecule has 0 spiro atoms. The highest BCUT2D eigenvalue weighted by Crippen LogP contribution is 2.14. The van der Waals surface area contributed by atoms with Gasteiger partial charge >= 0.3 is 0 Å². The van der Waals surface area contributed by atoms with Crippen LogP contribution in [-0.2, 0) is 11.5 Å². The summed E-state index contributed by atoms with van der Waals surface area (Å²) in [5.74, 6) is 3.69. The van der Waals surface area contributed by atoms with Gasteiger partial charge in [-0.2, -0.15) is 43.9 Å². The summed E-state index contributed by atoms with van der Waals surface area (Å²) in [7, 11) is 3.80. The number of hydrogen-bond donors (Lipinski definition) is 2. The van der Waals surface area contributed by atoms with Crippen molar-refractivity contribution in [3.05, 3.63) is 46.5 Å². The summed E-state index contributed by atoms with van der Waals surface area (Å²) in [5.41, 5.74) is 5.29. The summed E-state index contributed by atoms with van der Waals surface area (Å²) < 4.78 is 0. The van der Waals surface area contributed by atoms with Crippen molar-refractivity contribution in [3.63, 3.8) is 0 Å². The van der Waals surface area contributed by atoms with E-state index in [1.807, 2.05) is 74.6 Å². The van der Waals surface area contributed by atoms with Gasteiger partial charge in [0.05, 0.1) is 23.3 Å². The maximum absolute atomic E-state index is 5.51. The van der Waals surface area contributed by atoms with Gasteiger partial charge in [0.25, 0.3) is 0 Å². The SMILES string of the molecule is Cc1cc(CSCCNC(=S)N(C)N(C)C(=S)NCCSCc2cc(C)nnc2C)cnn1. The van der Waals surface area contributed by atoms with E-state index in [2.05, 4.69) is 43.2 Å². The monoisotopic (exact) mass is 524 g/mol. The molecular formula is C21H32N8S4. The number of nitrogens with one attached hydrogen (secondary N) is 2. The molecule has 12 heteroatoms. The third-order valence-electron chi connectivity index (χ3n) is 4.65. The predicted octanol–water partition coefficient (Wildman–Crippen LogP) is 2.89. The lowest BCUT2D eigenvalue weighted by molar-refractivity contribution is 0.202. The quantitative estimate of drug-likeness (QED) is 0.272. The van der Waals surface area contributed by atoms with Gasteiger partial charge in [0.15, 0.2) is 10.2 Å². The zero-order valence-electron chi connectivity index (χ0n) is 19.8. The van der Waals surface area contributed by atoms with Crippen LogP contribution in [0.3, 0.4) is 0 Å². The third-order valence-corrected chi connectivity index (χ3v) is 7.50. The fraction of sp³-hybridized carbons (Fsp3) is 0.524. The standard InChI is InChI=1S/C21H32N8S4/c1-15-10-18(12-24-25-15)13-32-8-6-22-20(30)28(4)29(5)21(31)23-7-9-33-14-19-11-16(2)26-27-17(19)3/h10-12H,6-9,13-14H2,1-5H3,(H,22,30)(H,23,31). The minimum atomic E-state index is 0.633. The van der Waals surface area contributed by atoms with E-state index in [0.29, 0.717) is 10.2 Å². The van der Waals surface area contributed by atoms with Crippen LogP contribution in [-0.4, -0.2) is 79.3 Å². The molecule has 2 N–H and O–H groups in total. The Morgan fingerprint density at radius 2 is 1.42 bits per heavy atom. The van der Waals surface area contributed by atoms with Gasteiger partial charge in [0.1, 0.15) is 0 Å².